The molecule has 0 bridgehead atoms. The molecule has 0 spiro atoms. The SMILES string of the molecule is CC(C)c1ccccc1-c1c(S)cccc1CCl. The summed E-state index contributed by atoms with van der Waals surface area (Å²) in [5.74, 6) is 0.994. The predicted molar refractivity (Wildman–Crippen MR) is 82.8 cm³/mol. The molecule has 2 aromatic rings. The summed E-state index contributed by atoms with van der Waals surface area (Å²) in [6.45, 7) is 4.42. The molecule has 0 saturated carbocycles. The highest BCUT2D eigenvalue weighted by atomic mass is 35.5. The summed E-state index contributed by atoms with van der Waals surface area (Å²) in [7, 11) is 0. The second kappa shape index (κ2) is 5.81. The maximum atomic E-state index is 6.05. The van der Waals surface area contributed by atoms with Crippen LogP contribution in [0.25, 0.3) is 11.1 Å². The first-order valence-electron chi connectivity index (χ1n) is 6.11. The average molecular weight is 277 g/mol. The van der Waals surface area contributed by atoms with Gasteiger partial charge in [0, 0.05) is 10.8 Å². The van der Waals surface area contributed by atoms with E-state index < -0.39 is 0 Å². The third-order valence-corrected chi connectivity index (χ3v) is 3.79. The van der Waals surface area contributed by atoms with E-state index in [9.17, 15) is 0 Å². The standard InChI is InChI=1S/C16H17ClS/c1-11(2)13-7-3-4-8-14(13)16-12(10-17)6-5-9-15(16)18/h3-9,11,18H,10H2,1-2H3. The summed E-state index contributed by atoms with van der Waals surface area (Å²) in [4.78, 5) is 0.987. The van der Waals surface area contributed by atoms with Crippen molar-refractivity contribution in [1.29, 1.82) is 0 Å². The van der Waals surface area contributed by atoms with Gasteiger partial charge in [0.2, 0.25) is 0 Å². The summed E-state index contributed by atoms with van der Waals surface area (Å²) >= 11 is 10.6. The molecule has 2 rings (SSSR count). The smallest absolute Gasteiger partial charge is 0.0480 e. The lowest BCUT2D eigenvalue weighted by molar-refractivity contribution is 0.868. The van der Waals surface area contributed by atoms with Crippen LogP contribution < -0.4 is 0 Å². The molecule has 0 N–H and O–H groups in total. The molecular weight excluding hydrogens is 260 g/mol. The van der Waals surface area contributed by atoms with Gasteiger partial charge in [0.15, 0.2) is 0 Å². The molecule has 0 fully saturated rings. The van der Waals surface area contributed by atoms with Crippen LogP contribution in [0.5, 0.6) is 0 Å². The largest absolute Gasteiger partial charge is 0.143 e. The Morgan fingerprint density at radius 2 is 1.78 bits per heavy atom. The fourth-order valence-electron chi connectivity index (χ4n) is 2.24. The van der Waals surface area contributed by atoms with Crippen LogP contribution in [0.3, 0.4) is 0 Å². The number of thiol groups is 1. The number of benzene rings is 2. The Bertz CT molecular complexity index is 547. The lowest BCUT2D eigenvalue weighted by Crippen LogP contribution is -1.95. The normalized spacial score (nSPS) is 10.9. The Morgan fingerprint density at radius 1 is 1.06 bits per heavy atom. The number of alkyl halides is 1. The first-order chi connectivity index (χ1) is 8.65. The van der Waals surface area contributed by atoms with Crippen molar-refractivity contribution in [3.05, 3.63) is 53.6 Å². The second-order valence-corrected chi connectivity index (χ2v) is 5.44. The van der Waals surface area contributed by atoms with Crippen LogP contribution in [0.4, 0.5) is 0 Å². The van der Waals surface area contributed by atoms with Crippen molar-refractivity contribution in [3.63, 3.8) is 0 Å². The Kier molecular flexibility index (Phi) is 4.36. The molecule has 0 aliphatic heterocycles. The zero-order chi connectivity index (χ0) is 13.1. The highest BCUT2D eigenvalue weighted by Crippen LogP contribution is 2.36. The van der Waals surface area contributed by atoms with Gasteiger partial charge >= 0.3 is 0 Å². The fourth-order valence-corrected chi connectivity index (χ4v) is 2.81. The summed E-state index contributed by atoms with van der Waals surface area (Å²) in [6.07, 6.45) is 0. The van der Waals surface area contributed by atoms with Crippen LogP contribution in [0.2, 0.25) is 0 Å². The summed E-state index contributed by atoms with van der Waals surface area (Å²) in [5, 5.41) is 0. The summed E-state index contributed by atoms with van der Waals surface area (Å²) < 4.78 is 0. The summed E-state index contributed by atoms with van der Waals surface area (Å²) in [5.41, 5.74) is 4.89. The van der Waals surface area contributed by atoms with E-state index in [4.69, 9.17) is 11.6 Å². The highest BCUT2D eigenvalue weighted by Gasteiger charge is 2.13. The highest BCUT2D eigenvalue weighted by molar-refractivity contribution is 7.80. The van der Waals surface area contributed by atoms with E-state index in [2.05, 4.69) is 56.8 Å². The zero-order valence-electron chi connectivity index (χ0n) is 10.7. The third kappa shape index (κ3) is 2.57. The van der Waals surface area contributed by atoms with Crippen LogP contribution >= 0.6 is 24.2 Å². The van der Waals surface area contributed by atoms with Crippen molar-refractivity contribution in [2.24, 2.45) is 0 Å². The van der Waals surface area contributed by atoms with Crippen LogP contribution in [0.15, 0.2) is 47.4 Å². The van der Waals surface area contributed by atoms with Gasteiger partial charge in [-0.1, -0.05) is 50.2 Å². The predicted octanol–water partition coefficient (Wildman–Crippen LogP) is 5.50. The Balaban J connectivity index is 2.69. The molecule has 0 unspecified atom stereocenters. The lowest BCUT2D eigenvalue weighted by Gasteiger charge is -2.17. The Hall–Kier alpha value is -0.920. The van der Waals surface area contributed by atoms with Crippen molar-refractivity contribution in [1.82, 2.24) is 0 Å². The maximum Gasteiger partial charge on any atom is 0.0480 e. The number of hydrogen-bond acceptors (Lipinski definition) is 1. The first kappa shape index (κ1) is 13.5. The van der Waals surface area contributed by atoms with Gasteiger partial charge in [-0.15, -0.1) is 24.2 Å². The van der Waals surface area contributed by atoms with Gasteiger partial charge in [0.05, 0.1) is 0 Å². The quantitative estimate of drug-likeness (QED) is 0.555. The molecule has 2 aromatic carbocycles. The molecule has 18 heavy (non-hydrogen) atoms. The minimum absolute atomic E-state index is 0.484. The van der Waals surface area contributed by atoms with Gasteiger partial charge in [-0.2, -0.15) is 0 Å². The molecule has 0 heterocycles. The zero-order valence-corrected chi connectivity index (χ0v) is 12.3. The van der Waals surface area contributed by atoms with E-state index in [-0.39, 0.29) is 0 Å². The van der Waals surface area contributed by atoms with Gasteiger partial charge in [0.1, 0.15) is 0 Å². The molecule has 0 amide bonds. The van der Waals surface area contributed by atoms with Gasteiger partial charge in [0.25, 0.3) is 0 Å². The molecule has 0 nitrogen and oxygen atoms in total. The van der Waals surface area contributed by atoms with Gasteiger partial charge in [-0.05, 0) is 34.2 Å². The number of hydrogen-bond donors (Lipinski definition) is 1. The molecule has 0 aromatic heterocycles. The molecule has 94 valence electrons. The minimum Gasteiger partial charge on any atom is -0.143 e. The molecule has 2 heteroatoms. The van der Waals surface area contributed by atoms with E-state index in [1.165, 1.54) is 16.7 Å². The van der Waals surface area contributed by atoms with Gasteiger partial charge in [-0.3, -0.25) is 0 Å². The van der Waals surface area contributed by atoms with E-state index in [1.54, 1.807) is 0 Å². The first-order valence-corrected chi connectivity index (χ1v) is 7.09. The molecule has 0 aliphatic carbocycles. The number of rotatable bonds is 3. The lowest BCUT2D eigenvalue weighted by atomic mass is 9.90. The van der Waals surface area contributed by atoms with Gasteiger partial charge in [-0.25, -0.2) is 0 Å². The Labute approximate surface area is 119 Å². The van der Waals surface area contributed by atoms with Crippen molar-refractivity contribution < 1.29 is 0 Å². The molecule has 0 saturated heterocycles. The minimum atomic E-state index is 0.484. The van der Waals surface area contributed by atoms with Gasteiger partial charge < -0.3 is 0 Å². The fraction of sp³-hybridized carbons (Fsp3) is 0.250. The molecule has 0 aliphatic rings. The molecular formula is C16H17ClS. The topological polar surface area (TPSA) is 0 Å². The summed E-state index contributed by atoms with van der Waals surface area (Å²) in [6, 6.07) is 14.6. The van der Waals surface area contributed by atoms with E-state index >= 15 is 0 Å². The van der Waals surface area contributed by atoms with Crippen LogP contribution in [-0.4, -0.2) is 0 Å². The van der Waals surface area contributed by atoms with Crippen molar-refractivity contribution in [3.8, 4) is 11.1 Å². The Morgan fingerprint density at radius 3 is 2.44 bits per heavy atom. The average Bonchev–Trinajstić information content (AvgIpc) is 2.38. The van der Waals surface area contributed by atoms with E-state index in [1.807, 2.05) is 12.1 Å². The monoisotopic (exact) mass is 276 g/mol. The maximum absolute atomic E-state index is 6.05. The second-order valence-electron chi connectivity index (χ2n) is 4.69. The van der Waals surface area contributed by atoms with Crippen LogP contribution in [-0.2, 0) is 5.88 Å². The van der Waals surface area contributed by atoms with Crippen molar-refractivity contribution in [2.45, 2.75) is 30.5 Å². The van der Waals surface area contributed by atoms with Crippen molar-refractivity contribution >= 4 is 24.2 Å². The molecule has 0 atom stereocenters. The van der Waals surface area contributed by atoms with Crippen molar-refractivity contribution in [2.75, 3.05) is 0 Å². The number of halogens is 1. The van der Waals surface area contributed by atoms with E-state index in [0.717, 1.165) is 10.5 Å². The van der Waals surface area contributed by atoms with E-state index in [0.29, 0.717) is 11.8 Å². The third-order valence-electron chi connectivity index (χ3n) is 3.12. The molecule has 0 radical (unpaired) electrons. The van der Waals surface area contributed by atoms with Crippen LogP contribution in [0, 0.1) is 0 Å². The van der Waals surface area contributed by atoms with Crippen LogP contribution in [0.1, 0.15) is 30.9 Å².